The second-order valence-corrected chi connectivity index (χ2v) is 4.09. The first-order valence-electron chi connectivity index (χ1n) is 5.57. The molecule has 0 aliphatic rings. The Hall–Kier alpha value is -0.860. The van der Waals surface area contributed by atoms with Crippen LogP contribution in [-0.4, -0.2) is 17.8 Å². The lowest BCUT2D eigenvalue weighted by Crippen LogP contribution is -2.31. The van der Waals surface area contributed by atoms with Crippen LogP contribution in [0.1, 0.15) is 30.0 Å². The van der Waals surface area contributed by atoms with E-state index in [1.54, 1.807) is 0 Å². The van der Waals surface area contributed by atoms with Crippen LogP contribution in [0.2, 0.25) is 0 Å². The van der Waals surface area contributed by atoms with Crippen LogP contribution in [0, 0.1) is 13.8 Å². The highest BCUT2D eigenvalue weighted by atomic mass is 16.3. The van der Waals surface area contributed by atoms with Crippen molar-refractivity contribution < 1.29 is 5.11 Å². The van der Waals surface area contributed by atoms with Crippen LogP contribution >= 0.6 is 0 Å². The van der Waals surface area contributed by atoms with Crippen molar-refractivity contribution in [3.05, 3.63) is 34.9 Å². The van der Waals surface area contributed by atoms with Crippen LogP contribution in [0.3, 0.4) is 0 Å². The van der Waals surface area contributed by atoms with Gasteiger partial charge in [0, 0.05) is 12.6 Å². The van der Waals surface area contributed by atoms with Crippen molar-refractivity contribution in [1.29, 1.82) is 0 Å². The molecule has 0 fully saturated rings. The molecule has 0 bridgehead atoms. The average Bonchev–Trinajstić information content (AvgIpc) is 2.24. The molecule has 1 atom stereocenters. The van der Waals surface area contributed by atoms with Gasteiger partial charge in [0.25, 0.3) is 0 Å². The highest BCUT2D eigenvalue weighted by Gasteiger charge is 2.03. The molecule has 2 N–H and O–H groups in total. The maximum atomic E-state index is 9.04. The number of rotatable bonds is 5. The third-order valence-corrected chi connectivity index (χ3v) is 2.88. The minimum absolute atomic E-state index is 0.210. The molecule has 0 saturated heterocycles. The van der Waals surface area contributed by atoms with E-state index in [-0.39, 0.29) is 12.6 Å². The standard InChI is InChI=1S/C13H21NO/c1-4-13(9-15)14-8-12-6-5-10(2)11(3)7-12/h5-7,13-15H,4,8-9H2,1-3H3. The topological polar surface area (TPSA) is 32.3 Å². The van der Waals surface area contributed by atoms with Gasteiger partial charge in [0.1, 0.15) is 0 Å². The van der Waals surface area contributed by atoms with Crippen molar-refractivity contribution in [2.24, 2.45) is 0 Å². The summed E-state index contributed by atoms with van der Waals surface area (Å²) in [6.45, 7) is 7.37. The van der Waals surface area contributed by atoms with E-state index in [4.69, 9.17) is 5.11 Å². The number of aryl methyl sites for hydroxylation is 2. The molecule has 0 amide bonds. The Kier molecular flexibility index (Phi) is 4.79. The molecule has 2 nitrogen and oxygen atoms in total. The predicted octanol–water partition coefficient (Wildman–Crippen LogP) is 2.16. The molecule has 0 aromatic heterocycles. The summed E-state index contributed by atoms with van der Waals surface area (Å²) >= 11 is 0. The van der Waals surface area contributed by atoms with Crippen LogP contribution in [0.5, 0.6) is 0 Å². The van der Waals surface area contributed by atoms with Gasteiger partial charge < -0.3 is 10.4 Å². The monoisotopic (exact) mass is 207 g/mol. The number of aliphatic hydroxyl groups is 1. The second kappa shape index (κ2) is 5.89. The number of hydrogen-bond donors (Lipinski definition) is 2. The van der Waals surface area contributed by atoms with E-state index in [0.29, 0.717) is 0 Å². The van der Waals surface area contributed by atoms with Crippen molar-refractivity contribution in [3.8, 4) is 0 Å². The molecular weight excluding hydrogens is 186 g/mol. The van der Waals surface area contributed by atoms with Gasteiger partial charge in [-0.15, -0.1) is 0 Å². The van der Waals surface area contributed by atoms with Gasteiger partial charge in [0.2, 0.25) is 0 Å². The Labute approximate surface area is 92.3 Å². The molecule has 84 valence electrons. The second-order valence-electron chi connectivity index (χ2n) is 4.09. The van der Waals surface area contributed by atoms with E-state index < -0.39 is 0 Å². The minimum atomic E-state index is 0.210. The average molecular weight is 207 g/mol. The Balaban J connectivity index is 2.54. The SMILES string of the molecule is CCC(CO)NCc1ccc(C)c(C)c1. The van der Waals surface area contributed by atoms with Crippen molar-refractivity contribution in [2.45, 2.75) is 39.8 Å². The van der Waals surface area contributed by atoms with Crippen LogP contribution in [-0.2, 0) is 6.54 Å². The first-order valence-corrected chi connectivity index (χ1v) is 5.57. The summed E-state index contributed by atoms with van der Waals surface area (Å²) < 4.78 is 0. The molecule has 0 heterocycles. The number of hydrogen-bond acceptors (Lipinski definition) is 2. The highest BCUT2D eigenvalue weighted by Crippen LogP contribution is 2.09. The Morgan fingerprint density at radius 2 is 2.00 bits per heavy atom. The Morgan fingerprint density at radius 3 is 2.53 bits per heavy atom. The fourth-order valence-electron chi connectivity index (χ4n) is 1.51. The predicted molar refractivity (Wildman–Crippen MR) is 63.9 cm³/mol. The Bertz CT molecular complexity index is 305. The number of nitrogens with one attached hydrogen (secondary N) is 1. The zero-order valence-electron chi connectivity index (χ0n) is 9.88. The van der Waals surface area contributed by atoms with Gasteiger partial charge in [-0.25, -0.2) is 0 Å². The molecule has 0 spiro atoms. The Morgan fingerprint density at radius 1 is 1.27 bits per heavy atom. The van der Waals surface area contributed by atoms with Gasteiger partial charge in [-0.2, -0.15) is 0 Å². The van der Waals surface area contributed by atoms with Gasteiger partial charge in [0.15, 0.2) is 0 Å². The van der Waals surface area contributed by atoms with Crippen molar-refractivity contribution in [1.82, 2.24) is 5.32 Å². The fourth-order valence-corrected chi connectivity index (χ4v) is 1.51. The fraction of sp³-hybridized carbons (Fsp3) is 0.538. The van der Waals surface area contributed by atoms with E-state index in [1.807, 2.05) is 0 Å². The molecule has 1 unspecified atom stereocenters. The molecular formula is C13H21NO. The summed E-state index contributed by atoms with van der Waals surface area (Å²) in [5.74, 6) is 0. The third-order valence-electron chi connectivity index (χ3n) is 2.88. The van der Waals surface area contributed by atoms with E-state index in [0.717, 1.165) is 13.0 Å². The first kappa shape index (κ1) is 12.2. The molecule has 0 aliphatic carbocycles. The highest BCUT2D eigenvalue weighted by molar-refractivity contribution is 5.29. The normalized spacial score (nSPS) is 12.8. The molecule has 2 heteroatoms. The maximum absolute atomic E-state index is 9.04. The lowest BCUT2D eigenvalue weighted by Gasteiger charge is -2.14. The van der Waals surface area contributed by atoms with Gasteiger partial charge in [-0.1, -0.05) is 25.1 Å². The van der Waals surface area contributed by atoms with Crippen molar-refractivity contribution in [3.63, 3.8) is 0 Å². The zero-order valence-corrected chi connectivity index (χ0v) is 9.88. The van der Waals surface area contributed by atoms with Crippen LogP contribution in [0.4, 0.5) is 0 Å². The smallest absolute Gasteiger partial charge is 0.0584 e. The maximum Gasteiger partial charge on any atom is 0.0584 e. The summed E-state index contributed by atoms with van der Waals surface area (Å²) in [5, 5.41) is 12.4. The molecule has 0 saturated carbocycles. The molecule has 0 radical (unpaired) electrons. The molecule has 0 aliphatic heterocycles. The van der Waals surface area contributed by atoms with E-state index in [9.17, 15) is 0 Å². The molecule has 1 rings (SSSR count). The zero-order chi connectivity index (χ0) is 11.3. The van der Waals surface area contributed by atoms with Crippen LogP contribution in [0.15, 0.2) is 18.2 Å². The summed E-state index contributed by atoms with van der Waals surface area (Å²) in [4.78, 5) is 0. The summed E-state index contributed by atoms with van der Waals surface area (Å²) in [6, 6.07) is 6.70. The lowest BCUT2D eigenvalue weighted by atomic mass is 10.1. The number of benzene rings is 1. The van der Waals surface area contributed by atoms with Crippen LogP contribution < -0.4 is 5.32 Å². The summed E-state index contributed by atoms with van der Waals surface area (Å²) in [7, 11) is 0. The summed E-state index contributed by atoms with van der Waals surface area (Å²) in [6.07, 6.45) is 0.960. The van der Waals surface area contributed by atoms with Gasteiger partial charge >= 0.3 is 0 Å². The lowest BCUT2D eigenvalue weighted by molar-refractivity contribution is 0.238. The van der Waals surface area contributed by atoms with E-state index in [1.165, 1.54) is 16.7 Å². The third kappa shape index (κ3) is 3.65. The van der Waals surface area contributed by atoms with Crippen molar-refractivity contribution >= 4 is 0 Å². The minimum Gasteiger partial charge on any atom is -0.395 e. The van der Waals surface area contributed by atoms with Gasteiger partial charge in [0.05, 0.1) is 6.61 Å². The van der Waals surface area contributed by atoms with E-state index >= 15 is 0 Å². The van der Waals surface area contributed by atoms with Gasteiger partial charge in [-0.3, -0.25) is 0 Å². The molecule has 1 aromatic carbocycles. The first-order chi connectivity index (χ1) is 7.17. The molecule has 15 heavy (non-hydrogen) atoms. The quantitative estimate of drug-likeness (QED) is 0.775. The van der Waals surface area contributed by atoms with Gasteiger partial charge in [-0.05, 0) is 37.0 Å². The van der Waals surface area contributed by atoms with Crippen LogP contribution in [0.25, 0.3) is 0 Å². The molecule has 1 aromatic rings. The summed E-state index contributed by atoms with van der Waals surface area (Å²) in [5.41, 5.74) is 3.93. The number of aliphatic hydroxyl groups excluding tert-OH is 1. The largest absolute Gasteiger partial charge is 0.395 e. The van der Waals surface area contributed by atoms with E-state index in [2.05, 4.69) is 44.3 Å². The van der Waals surface area contributed by atoms with Crippen molar-refractivity contribution in [2.75, 3.05) is 6.61 Å².